The second-order valence-electron chi connectivity index (χ2n) is 2.62. The van der Waals surface area contributed by atoms with E-state index < -0.39 is 0 Å². The van der Waals surface area contributed by atoms with Crippen LogP contribution in [-0.2, 0) is 9.59 Å². The van der Waals surface area contributed by atoms with Crippen molar-refractivity contribution in [1.82, 2.24) is 9.80 Å². The quantitative estimate of drug-likeness (QED) is 0.419. The second kappa shape index (κ2) is 6.88. The highest BCUT2D eigenvalue weighted by Gasteiger charge is 2.29. The lowest BCUT2D eigenvalue weighted by molar-refractivity contribution is -0.124. The highest BCUT2D eigenvalue weighted by Crippen LogP contribution is 2.08. The SMILES string of the molecule is CC(=O)N1CCN(C(C)=O)C1=S.I.I. The van der Waals surface area contributed by atoms with Crippen LogP contribution in [0.2, 0.25) is 0 Å². The van der Waals surface area contributed by atoms with Crippen molar-refractivity contribution in [3.05, 3.63) is 0 Å². The van der Waals surface area contributed by atoms with Gasteiger partial charge in [-0.2, -0.15) is 0 Å². The Hall–Kier alpha value is 0.490. The Bertz CT molecular complexity index is 236. The molecule has 0 radical (unpaired) electrons. The third-order valence-corrected chi connectivity index (χ3v) is 2.21. The summed E-state index contributed by atoms with van der Waals surface area (Å²) in [5, 5.41) is 0.329. The van der Waals surface area contributed by atoms with Crippen LogP contribution in [0.5, 0.6) is 0 Å². The van der Waals surface area contributed by atoms with Gasteiger partial charge in [0.05, 0.1) is 0 Å². The average Bonchev–Trinajstić information content (AvgIpc) is 2.30. The molecule has 1 saturated heterocycles. The normalized spacial score (nSPS) is 14.6. The fraction of sp³-hybridized carbons (Fsp3) is 0.571. The van der Waals surface area contributed by atoms with Crippen LogP contribution in [0, 0.1) is 0 Å². The van der Waals surface area contributed by atoms with Crippen LogP contribution in [0.15, 0.2) is 0 Å². The van der Waals surface area contributed by atoms with Gasteiger partial charge >= 0.3 is 0 Å². The first kappa shape index (κ1) is 16.9. The smallest absolute Gasteiger partial charge is 0.225 e. The van der Waals surface area contributed by atoms with Crippen LogP contribution in [0.1, 0.15) is 13.8 Å². The first-order valence-electron chi connectivity index (χ1n) is 3.64. The Morgan fingerprint density at radius 1 is 1.07 bits per heavy atom. The molecule has 1 aliphatic rings. The molecule has 2 amide bonds. The van der Waals surface area contributed by atoms with E-state index in [1.165, 1.54) is 23.6 Å². The summed E-state index contributed by atoms with van der Waals surface area (Å²) in [5.41, 5.74) is 0. The zero-order valence-electron chi connectivity index (χ0n) is 7.85. The largest absolute Gasteiger partial charge is 0.287 e. The lowest BCUT2D eigenvalue weighted by Gasteiger charge is -2.15. The Labute approximate surface area is 122 Å². The van der Waals surface area contributed by atoms with Crippen molar-refractivity contribution >= 4 is 77.1 Å². The molecule has 0 saturated carbocycles. The first-order chi connectivity index (χ1) is 5.54. The monoisotopic (exact) mass is 442 g/mol. The molecule has 0 aromatic heterocycles. The molecule has 0 bridgehead atoms. The third kappa shape index (κ3) is 3.57. The van der Waals surface area contributed by atoms with Crippen molar-refractivity contribution < 1.29 is 9.59 Å². The van der Waals surface area contributed by atoms with Crippen molar-refractivity contribution in [3.8, 4) is 0 Å². The van der Waals surface area contributed by atoms with Crippen LogP contribution < -0.4 is 0 Å². The Morgan fingerprint density at radius 3 is 1.50 bits per heavy atom. The maximum absolute atomic E-state index is 10.9. The minimum absolute atomic E-state index is 0. The van der Waals surface area contributed by atoms with Gasteiger partial charge < -0.3 is 0 Å². The number of carbonyl (C=O) groups is 2. The minimum atomic E-state index is -0.108. The van der Waals surface area contributed by atoms with E-state index in [0.717, 1.165) is 0 Å². The van der Waals surface area contributed by atoms with E-state index in [1.54, 1.807) is 0 Å². The molecule has 0 N–H and O–H groups in total. The molecule has 14 heavy (non-hydrogen) atoms. The second-order valence-corrected chi connectivity index (χ2v) is 2.99. The summed E-state index contributed by atoms with van der Waals surface area (Å²) in [4.78, 5) is 24.7. The van der Waals surface area contributed by atoms with Crippen LogP contribution >= 0.6 is 60.2 Å². The van der Waals surface area contributed by atoms with E-state index in [1.807, 2.05) is 0 Å². The van der Waals surface area contributed by atoms with E-state index in [2.05, 4.69) is 0 Å². The molecule has 0 unspecified atom stereocenters. The fourth-order valence-electron chi connectivity index (χ4n) is 1.12. The van der Waals surface area contributed by atoms with Gasteiger partial charge in [-0.3, -0.25) is 19.4 Å². The summed E-state index contributed by atoms with van der Waals surface area (Å²) < 4.78 is 0. The molecule has 0 spiro atoms. The number of nitrogens with zero attached hydrogens (tertiary/aromatic N) is 2. The maximum Gasteiger partial charge on any atom is 0.225 e. The van der Waals surface area contributed by atoms with E-state index >= 15 is 0 Å². The predicted molar refractivity (Wildman–Crippen MR) is 78.2 cm³/mol. The number of amides is 2. The van der Waals surface area contributed by atoms with Crippen LogP contribution in [0.25, 0.3) is 0 Å². The van der Waals surface area contributed by atoms with Crippen molar-refractivity contribution in [2.24, 2.45) is 0 Å². The van der Waals surface area contributed by atoms with E-state index in [0.29, 0.717) is 18.2 Å². The summed E-state index contributed by atoms with van der Waals surface area (Å²) in [7, 11) is 0. The van der Waals surface area contributed by atoms with E-state index in [-0.39, 0.29) is 59.8 Å². The van der Waals surface area contributed by atoms with Crippen LogP contribution in [0.4, 0.5) is 0 Å². The van der Waals surface area contributed by atoms with Crippen molar-refractivity contribution in [2.75, 3.05) is 13.1 Å². The standard InChI is InChI=1S/C7H10N2O2S.2HI/c1-5(10)8-3-4-9(6(2)11)7(8)12;;/h3-4H2,1-2H3;2*1H. The molecule has 0 aromatic rings. The Balaban J connectivity index is 0. The number of carbonyl (C=O) groups excluding carboxylic acids is 2. The van der Waals surface area contributed by atoms with Gasteiger partial charge in [0.1, 0.15) is 0 Å². The zero-order valence-corrected chi connectivity index (χ0v) is 13.3. The van der Waals surface area contributed by atoms with Crippen LogP contribution in [-0.4, -0.2) is 39.8 Å². The van der Waals surface area contributed by atoms with Crippen LogP contribution in [0.3, 0.4) is 0 Å². The van der Waals surface area contributed by atoms with Gasteiger partial charge in [0.25, 0.3) is 0 Å². The number of thiocarbonyl (C=S) groups is 1. The molecule has 1 fully saturated rings. The summed E-state index contributed by atoms with van der Waals surface area (Å²) in [6, 6.07) is 0. The van der Waals surface area contributed by atoms with E-state index in [9.17, 15) is 9.59 Å². The molecule has 1 rings (SSSR count). The first-order valence-corrected chi connectivity index (χ1v) is 4.05. The lowest BCUT2D eigenvalue weighted by atomic mass is 10.5. The van der Waals surface area contributed by atoms with Gasteiger partial charge in [-0.05, 0) is 12.2 Å². The highest BCUT2D eigenvalue weighted by molar-refractivity contribution is 14.0. The van der Waals surface area contributed by atoms with Crippen molar-refractivity contribution in [2.45, 2.75) is 13.8 Å². The van der Waals surface area contributed by atoms with Crippen molar-refractivity contribution in [3.63, 3.8) is 0 Å². The molecular weight excluding hydrogens is 430 g/mol. The molecule has 4 nitrogen and oxygen atoms in total. The zero-order chi connectivity index (χ0) is 9.30. The van der Waals surface area contributed by atoms with Gasteiger partial charge in [-0.1, -0.05) is 0 Å². The molecule has 7 heteroatoms. The highest BCUT2D eigenvalue weighted by atomic mass is 127. The summed E-state index contributed by atoms with van der Waals surface area (Å²) in [5.74, 6) is -0.215. The summed E-state index contributed by atoms with van der Waals surface area (Å²) in [6.45, 7) is 3.92. The van der Waals surface area contributed by atoms with Gasteiger partial charge in [0.2, 0.25) is 11.8 Å². The molecular formula is C7H12I2N2O2S. The molecule has 82 valence electrons. The van der Waals surface area contributed by atoms with Gasteiger partial charge in [-0.25, -0.2) is 0 Å². The fourth-order valence-corrected chi connectivity index (χ4v) is 1.56. The van der Waals surface area contributed by atoms with Gasteiger partial charge in [0.15, 0.2) is 5.11 Å². The van der Waals surface area contributed by atoms with Crippen molar-refractivity contribution in [1.29, 1.82) is 0 Å². The number of rotatable bonds is 0. The van der Waals surface area contributed by atoms with E-state index in [4.69, 9.17) is 12.2 Å². The third-order valence-electron chi connectivity index (χ3n) is 1.77. The minimum Gasteiger partial charge on any atom is -0.287 e. The maximum atomic E-state index is 10.9. The summed E-state index contributed by atoms with van der Waals surface area (Å²) in [6.07, 6.45) is 0. The van der Waals surface area contributed by atoms with Gasteiger partial charge in [0, 0.05) is 26.9 Å². The molecule has 0 atom stereocenters. The lowest BCUT2D eigenvalue weighted by Crippen LogP contribution is -2.36. The topological polar surface area (TPSA) is 40.6 Å². The molecule has 0 aliphatic carbocycles. The Kier molecular flexibility index (Phi) is 8.31. The average molecular weight is 442 g/mol. The predicted octanol–water partition coefficient (Wildman–Crippen LogP) is 1.22. The molecule has 1 heterocycles. The number of halogens is 2. The Morgan fingerprint density at radius 2 is 1.36 bits per heavy atom. The number of hydrogen-bond donors (Lipinski definition) is 0. The number of hydrogen-bond acceptors (Lipinski definition) is 3. The molecule has 1 aliphatic heterocycles. The van der Waals surface area contributed by atoms with Gasteiger partial charge in [-0.15, -0.1) is 48.0 Å². The molecule has 0 aromatic carbocycles. The summed E-state index contributed by atoms with van der Waals surface area (Å²) >= 11 is 4.92.